The molecule has 0 bridgehead atoms. The molecule has 3 N–H and O–H groups in total. The van der Waals surface area contributed by atoms with Crippen LogP contribution in [0.25, 0.3) is 16.8 Å². The zero-order chi connectivity index (χ0) is 30.2. The number of fused-ring (bicyclic) bond motifs is 1. The summed E-state index contributed by atoms with van der Waals surface area (Å²) in [4.78, 5) is 22.6. The molecule has 1 saturated heterocycles. The van der Waals surface area contributed by atoms with E-state index in [1.807, 2.05) is 6.07 Å². The Balaban J connectivity index is 1.27. The number of benzene rings is 1. The zero-order valence-electron chi connectivity index (χ0n) is 24.3. The van der Waals surface area contributed by atoms with E-state index in [2.05, 4.69) is 27.3 Å². The van der Waals surface area contributed by atoms with Gasteiger partial charge in [0.05, 0.1) is 48.1 Å². The molecule has 1 aromatic carbocycles. The molecule has 3 aromatic heterocycles. The highest BCUT2D eigenvalue weighted by Crippen LogP contribution is 2.40. The quantitative estimate of drug-likeness (QED) is 0.318. The van der Waals surface area contributed by atoms with Gasteiger partial charge in [0.1, 0.15) is 23.5 Å². The molecule has 43 heavy (non-hydrogen) atoms. The lowest BCUT2D eigenvalue weighted by Gasteiger charge is -2.43. The summed E-state index contributed by atoms with van der Waals surface area (Å²) in [7, 11) is 1.81. The van der Waals surface area contributed by atoms with Crippen molar-refractivity contribution in [3.05, 3.63) is 66.1 Å². The first-order valence-corrected chi connectivity index (χ1v) is 14.5. The number of likely N-dealkylation sites (N-methyl/N-ethyl adjacent to an activating group) is 1. The highest BCUT2D eigenvalue weighted by Gasteiger charge is 2.38. The molecule has 1 amide bonds. The van der Waals surface area contributed by atoms with E-state index in [0.717, 1.165) is 17.7 Å². The van der Waals surface area contributed by atoms with Crippen LogP contribution in [0, 0.1) is 17.6 Å². The van der Waals surface area contributed by atoms with Crippen LogP contribution in [0.1, 0.15) is 44.6 Å². The van der Waals surface area contributed by atoms with Crippen molar-refractivity contribution in [2.24, 2.45) is 11.7 Å². The van der Waals surface area contributed by atoms with E-state index in [4.69, 9.17) is 15.2 Å². The fourth-order valence-electron chi connectivity index (χ4n) is 6.46. The molecule has 226 valence electrons. The molecule has 0 radical (unpaired) electrons. The topological polar surface area (TPSA) is 120 Å². The van der Waals surface area contributed by atoms with Crippen LogP contribution in [0.4, 0.5) is 20.4 Å². The lowest BCUT2D eigenvalue weighted by molar-refractivity contribution is -0.131. The van der Waals surface area contributed by atoms with E-state index in [1.54, 1.807) is 49.6 Å². The molecule has 4 heterocycles. The molecule has 6 rings (SSSR count). The zero-order valence-corrected chi connectivity index (χ0v) is 24.3. The molecule has 0 spiro atoms. The molecule has 1 aliphatic carbocycles. The Hall–Kier alpha value is -4.16. The Bertz CT molecular complexity index is 1610. The van der Waals surface area contributed by atoms with Gasteiger partial charge in [-0.15, -0.1) is 0 Å². The summed E-state index contributed by atoms with van der Waals surface area (Å²) in [6, 6.07) is 7.34. The largest absolute Gasteiger partial charge is 0.488 e. The summed E-state index contributed by atoms with van der Waals surface area (Å²) in [5.74, 6) is -0.758. The van der Waals surface area contributed by atoms with Gasteiger partial charge in [-0.25, -0.2) is 13.8 Å². The van der Waals surface area contributed by atoms with Crippen LogP contribution in [0.2, 0.25) is 0 Å². The minimum atomic E-state index is -0.776. The van der Waals surface area contributed by atoms with Crippen molar-refractivity contribution in [1.29, 1.82) is 0 Å². The van der Waals surface area contributed by atoms with E-state index < -0.39 is 11.6 Å². The van der Waals surface area contributed by atoms with Crippen molar-refractivity contribution in [2.45, 2.75) is 57.2 Å². The van der Waals surface area contributed by atoms with Crippen LogP contribution in [0.15, 0.2) is 48.9 Å². The van der Waals surface area contributed by atoms with Gasteiger partial charge in [0, 0.05) is 50.8 Å². The van der Waals surface area contributed by atoms with E-state index in [0.29, 0.717) is 37.5 Å². The summed E-state index contributed by atoms with van der Waals surface area (Å²) in [6.45, 7) is 4.64. The van der Waals surface area contributed by atoms with Crippen molar-refractivity contribution in [1.82, 2.24) is 24.5 Å². The van der Waals surface area contributed by atoms with Crippen LogP contribution in [-0.4, -0.2) is 68.8 Å². The Morgan fingerprint density at radius 3 is 2.67 bits per heavy atom. The Morgan fingerprint density at radius 2 is 1.98 bits per heavy atom. The van der Waals surface area contributed by atoms with Gasteiger partial charge >= 0.3 is 0 Å². The van der Waals surface area contributed by atoms with Crippen molar-refractivity contribution < 1.29 is 23.0 Å². The number of nitrogens with one attached hydrogen (secondary N) is 1. The molecule has 2 aliphatic rings. The van der Waals surface area contributed by atoms with Gasteiger partial charge < -0.3 is 25.4 Å². The van der Waals surface area contributed by atoms with Gasteiger partial charge in [-0.2, -0.15) is 9.61 Å². The van der Waals surface area contributed by atoms with Crippen molar-refractivity contribution in [2.75, 3.05) is 25.6 Å². The predicted molar refractivity (Wildman–Crippen MR) is 157 cm³/mol. The number of carbonyl (C=O) groups is 1. The lowest BCUT2D eigenvalue weighted by Crippen LogP contribution is -2.54. The van der Waals surface area contributed by atoms with E-state index in [9.17, 15) is 4.79 Å². The first kappa shape index (κ1) is 28.9. The summed E-state index contributed by atoms with van der Waals surface area (Å²) < 4.78 is 42.9. The normalized spacial score (nSPS) is 23.8. The molecular weight excluding hydrogens is 556 g/mol. The van der Waals surface area contributed by atoms with Crippen LogP contribution in [-0.2, 0) is 9.53 Å². The van der Waals surface area contributed by atoms with Gasteiger partial charge in [0.25, 0.3) is 0 Å². The number of aromatic nitrogens is 4. The highest BCUT2D eigenvalue weighted by atomic mass is 19.1. The fraction of sp³-hybridized carbons (Fsp3) is 0.419. The number of halogens is 2. The Labute approximate surface area is 248 Å². The number of hydrogen-bond donors (Lipinski definition) is 2. The first-order valence-electron chi connectivity index (χ1n) is 14.5. The molecular formula is C31H35F2N7O3. The molecule has 1 saturated carbocycles. The number of ether oxygens (including phenoxy) is 2. The molecule has 5 unspecified atom stereocenters. The van der Waals surface area contributed by atoms with Crippen LogP contribution < -0.4 is 15.8 Å². The second-order valence-corrected chi connectivity index (χ2v) is 11.5. The van der Waals surface area contributed by atoms with Crippen LogP contribution in [0.3, 0.4) is 0 Å². The summed E-state index contributed by atoms with van der Waals surface area (Å²) in [5.41, 5.74) is 8.86. The second-order valence-electron chi connectivity index (χ2n) is 11.5. The average molecular weight is 592 g/mol. The van der Waals surface area contributed by atoms with Crippen molar-refractivity contribution >= 4 is 23.1 Å². The predicted octanol–water partition coefficient (Wildman–Crippen LogP) is 4.67. The maximum absolute atomic E-state index is 15.2. The van der Waals surface area contributed by atoms with Gasteiger partial charge in [0.2, 0.25) is 11.9 Å². The number of hydrogen-bond acceptors (Lipinski definition) is 8. The number of nitrogens with zero attached hydrogens (tertiary/aromatic N) is 5. The highest BCUT2D eigenvalue weighted by molar-refractivity contribution is 5.73. The van der Waals surface area contributed by atoms with Crippen LogP contribution >= 0.6 is 0 Å². The third-order valence-electron chi connectivity index (χ3n) is 8.57. The Kier molecular flexibility index (Phi) is 7.97. The number of amides is 1. The first-order chi connectivity index (χ1) is 20.7. The average Bonchev–Trinajstić information content (AvgIpc) is 3.62. The Morgan fingerprint density at radius 1 is 1.19 bits per heavy atom. The summed E-state index contributed by atoms with van der Waals surface area (Å²) >= 11 is 0. The SMILES string of the molecule is CC(=O)N(C)C1C(C)CC(c2ccncc2Nc2ncc3ccc(-c4c(F)cc(OC5CCOC5)cc4F)nn23)CC1N. The van der Waals surface area contributed by atoms with Gasteiger partial charge in [0.15, 0.2) is 0 Å². The van der Waals surface area contributed by atoms with Crippen molar-refractivity contribution in [3.8, 4) is 17.0 Å². The molecule has 5 atom stereocenters. The van der Waals surface area contributed by atoms with E-state index in [1.165, 1.54) is 16.6 Å². The minimum Gasteiger partial charge on any atom is -0.488 e. The third-order valence-corrected chi connectivity index (χ3v) is 8.57. The number of imidazole rings is 1. The second kappa shape index (κ2) is 11.8. The van der Waals surface area contributed by atoms with Crippen LogP contribution in [0.5, 0.6) is 5.75 Å². The third kappa shape index (κ3) is 5.76. The molecule has 1 aliphatic heterocycles. The number of carbonyl (C=O) groups excluding carboxylic acids is 1. The van der Waals surface area contributed by atoms with E-state index >= 15 is 8.78 Å². The maximum Gasteiger partial charge on any atom is 0.229 e. The minimum absolute atomic E-state index is 0.00159. The number of anilines is 2. The molecule has 12 heteroatoms. The summed E-state index contributed by atoms with van der Waals surface area (Å²) in [5, 5.41) is 7.88. The lowest BCUT2D eigenvalue weighted by atomic mass is 9.73. The monoisotopic (exact) mass is 591 g/mol. The van der Waals surface area contributed by atoms with Gasteiger partial charge in [-0.1, -0.05) is 6.92 Å². The maximum atomic E-state index is 15.2. The molecule has 4 aromatic rings. The summed E-state index contributed by atoms with van der Waals surface area (Å²) in [6.07, 6.45) is 7.06. The smallest absolute Gasteiger partial charge is 0.229 e. The number of pyridine rings is 1. The van der Waals surface area contributed by atoms with Gasteiger partial charge in [-0.3, -0.25) is 9.78 Å². The van der Waals surface area contributed by atoms with Crippen molar-refractivity contribution in [3.63, 3.8) is 0 Å². The fourth-order valence-corrected chi connectivity index (χ4v) is 6.46. The standard InChI is InChI=1S/C31H35F2N7O3/c1-17-10-19(11-26(34)30(17)39(3)18(2)41)23-6-8-35-15-28(23)37-31-36-14-20-4-5-27(38-40(20)31)29-24(32)12-22(13-25(29)33)43-21-7-9-42-16-21/h4-6,8,12-15,17,19,21,26,30H,7,9-11,16,34H2,1-3H3,(H,36,37). The number of rotatable bonds is 7. The number of nitrogens with two attached hydrogens (primary N) is 1. The molecule has 2 fully saturated rings. The molecule has 10 nitrogen and oxygen atoms in total. The van der Waals surface area contributed by atoms with E-state index in [-0.39, 0.29) is 52.9 Å². The van der Waals surface area contributed by atoms with Gasteiger partial charge in [-0.05, 0) is 48.4 Å².